The van der Waals surface area contributed by atoms with E-state index in [-0.39, 0.29) is 0 Å². The summed E-state index contributed by atoms with van der Waals surface area (Å²) in [5.74, 6) is 0.985. The SMILES string of the molecule is CCCN(CC)CCCCCOc1ccccc1. The minimum absolute atomic E-state index is 0.837. The maximum absolute atomic E-state index is 5.67. The van der Waals surface area contributed by atoms with Crippen LogP contribution in [0.5, 0.6) is 5.75 Å². The number of benzene rings is 1. The molecule has 0 amide bonds. The quantitative estimate of drug-likeness (QED) is 0.582. The molecule has 0 saturated carbocycles. The molecule has 102 valence electrons. The first kappa shape index (κ1) is 15.0. The van der Waals surface area contributed by atoms with E-state index in [4.69, 9.17) is 4.74 Å². The molecule has 2 heteroatoms. The average molecular weight is 249 g/mol. The van der Waals surface area contributed by atoms with Crippen LogP contribution in [-0.4, -0.2) is 31.1 Å². The van der Waals surface area contributed by atoms with Crippen molar-refractivity contribution in [2.24, 2.45) is 0 Å². The van der Waals surface area contributed by atoms with Gasteiger partial charge in [0.15, 0.2) is 0 Å². The van der Waals surface area contributed by atoms with Gasteiger partial charge in [-0.25, -0.2) is 0 Å². The summed E-state index contributed by atoms with van der Waals surface area (Å²) in [6, 6.07) is 10.1. The fourth-order valence-corrected chi connectivity index (χ4v) is 2.07. The number of ether oxygens (including phenoxy) is 1. The zero-order valence-electron chi connectivity index (χ0n) is 11.9. The molecular weight excluding hydrogens is 222 g/mol. The smallest absolute Gasteiger partial charge is 0.119 e. The van der Waals surface area contributed by atoms with Crippen LogP contribution >= 0.6 is 0 Å². The molecule has 0 aromatic heterocycles. The summed E-state index contributed by atoms with van der Waals surface area (Å²) < 4.78 is 5.67. The van der Waals surface area contributed by atoms with E-state index in [1.807, 2.05) is 30.3 Å². The Morgan fingerprint density at radius 3 is 2.39 bits per heavy atom. The standard InChI is InChI=1S/C16H27NO/c1-3-13-17(4-2)14-9-6-10-15-18-16-11-7-5-8-12-16/h5,7-8,11-12H,3-4,6,9-10,13-15H2,1-2H3. The predicted molar refractivity (Wildman–Crippen MR) is 78.2 cm³/mol. The second-order valence-corrected chi connectivity index (χ2v) is 4.66. The molecule has 18 heavy (non-hydrogen) atoms. The lowest BCUT2D eigenvalue weighted by Crippen LogP contribution is -2.25. The lowest BCUT2D eigenvalue weighted by atomic mass is 10.2. The molecule has 1 aromatic rings. The van der Waals surface area contributed by atoms with E-state index in [9.17, 15) is 0 Å². The summed E-state index contributed by atoms with van der Waals surface area (Å²) in [5.41, 5.74) is 0. The number of nitrogens with zero attached hydrogens (tertiary/aromatic N) is 1. The van der Waals surface area contributed by atoms with E-state index in [2.05, 4.69) is 18.7 Å². The van der Waals surface area contributed by atoms with Gasteiger partial charge < -0.3 is 9.64 Å². The van der Waals surface area contributed by atoms with Crippen molar-refractivity contribution in [1.29, 1.82) is 0 Å². The molecule has 0 aliphatic heterocycles. The van der Waals surface area contributed by atoms with Crippen LogP contribution in [0.3, 0.4) is 0 Å². The Morgan fingerprint density at radius 1 is 0.944 bits per heavy atom. The highest BCUT2D eigenvalue weighted by atomic mass is 16.5. The van der Waals surface area contributed by atoms with Gasteiger partial charge in [-0.1, -0.05) is 32.0 Å². The maximum atomic E-state index is 5.67. The van der Waals surface area contributed by atoms with E-state index >= 15 is 0 Å². The van der Waals surface area contributed by atoms with E-state index in [0.29, 0.717) is 0 Å². The van der Waals surface area contributed by atoms with Crippen molar-refractivity contribution in [3.63, 3.8) is 0 Å². The molecular formula is C16H27NO. The predicted octanol–water partition coefficient (Wildman–Crippen LogP) is 3.97. The molecule has 1 aromatic carbocycles. The van der Waals surface area contributed by atoms with Crippen LogP contribution in [0.4, 0.5) is 0 Å². The van der Waals surface area contributed by atoms with Crippen molar-refractivity contribution >= 4 is 0 Å². The van der Waals surface area contributed by atoms with Crippen LogP contribution in [0.1, 0.15) is 39.5 Å². The molecule has 0 N–H and O–H groups in total. The Balaban J connectivity index is 1.98. The summed E-state index contributed by atoms with van der Waals surface area (Å²) in [4.78, 5) is 2.53. The Morgan fingerprint density at radius 2 is 1.72 bits per heavy atom. The van der Waals surface area contributed by atoms with Crippen molar-refractivity contribution in [3.8, 4) is 5.75 Å². The number of unbranched alkanes of at least 4 members (excludes halogenated alkanes) is 2. The molecule has 0 fully saturated rings. The second kappa shape index (κ2) is 9.95. The Kier molecular flexibility index (Phi) is 8.32. The van der Waals surface area contributed by atoms with Crippen LogP contribution in [0, 0.1) is 0 Å². The highest BCUT2D eigenvalue weighted by Crippen LogP contribution is 2.09. The lowest BCUT2D eigenvalue weighted by Gasteiger charge is -2.19. The van der Waals surface area contributed by atoms with E-state index in [1.165, 1.54) is 38.9 Å². The van der Waals surface area contributed by atoms with Gasteiger partial charge in [-0.3, -0.25) is 0 Å². The lowest BCUT2D eigenvalue weighted by molar-refractivity contribution is 0.268. The average Bonchev–Trinajstić information content (AvgIpc) is 2.42. The molecule has 0 aliphatic rings. The van der Waals surface area contributed by atoms with Crippen LogP contribution in [-0.2, 0) is 0 Å². The maximum Gasteiger partial charge on any atom is 0.119 e. The summed E-state index contributed by atoms with van der Waals surface area (Å²) in [6.07, 6.45) is 4.95. The fourth-order valence-electron chi connectivity index (χ4n) is 2.07. The van der Waals surface area contributed by atoms with Gasteiger partial charge in [0.2, 0.25) is 0 Å². The minimum atomic E-state index is 0.837. The summed E-state index contributed by atoms with van der Waals surface area (Å²) in [7, 11) is 0. The van der Waals surface area contributed by atoms with Gasteiger partial charge >= 0.3 is 0 Å². The first-order valence-electron chi connectivity index (χ1n) is 7.27. The van der Waals surface area contributed by atoms with Crippen LogP contribution in [0.15, 0.2) is 30.3 Å². The molecule has 0 saturated heterocycles. The Hall–Kier alpha value is -1.02. The number of para-hydroxylation sites is 1. The van der Waals surface area contributed by atoms with Crippen molar-refractivity contribution in [2.45, 2.75) is 39.5 Å². The number of hydrogen-bond donors (Lipinski definition) is 0. The monoisotopic (exact) mass is 249 g/mol. The van der Waals surface area contributed by atoms with Gasteiger partial charge in [0.1, 0.15) is 5.75 Å². The third kappa shape index (κ3) is 6.65. The van der Waals surface area contributed by atoms with Crippen molar-refractivity contribution in [3.05, 3.63) is 30.3 Å². The molecule has 0 heterocycles. The molecule has 2 nitrogen and oxygen atoms in total. The third-order valence-corrected chi connectivity index (χ3v) is 3.12. The van der Waals surface area contributed by atoms with Crippen molar-refractivity contribution < 1.29 is 4.74 Å². The normalized spacial score (nSPS) is 10.8. The van der Waals surface area contributed by atoms with Gasteiger partial charge in [-0.2, -0.15) is 0 Å². The van der Waals surface area contributed by atoms with Crippen LogP contribution < -0.4 is 4.74 Å². The molecule has 1 rings (SSSR count). The molecule has 0 atom stereocenters. The first-order valence-corrected chi connectivity index (χ1v) is 7.27. The van der Waals surface area contributed by atoms with E-state index < -0.39 is 0 Å². The molecule has 0 radical (unpaired) electrons. The Labute approximate surface area is 112 Å². The highest BCUT2D eigenvalue weighted by Gasteiger charge is 2.00. The number of hydrogen-bond acceptors (Lipinski definition) is 2. The summed E-state index contributed by atoms with van der Waals surface area (Å²) in [6.45, 7) is 8.97. The minimum Gasteiger partial charge on any atom is -0.494 e. The molecule has 0 aliphatic carbocycles. The van der Waals surface area contributed by atoms with Crippen molar-refractivity contribution in [1.82, 2.24) is 4.90 Å². The summed E-state index contributed by atoms with van der Waals surface area (Å²) in [5, 5.41) is 0. The molecule has 0 spiro atoms. The largest absolute Gasteiger partial charge is 0.494 e. The van der Waals surface area contributed by atoms with E-state index in [1.54, 1.807) is 0 Å². The van der Waals surface area contributed by atoms with Gasteiger partial charge in [0, 0.05) is 0 Å². The van der Waals surface area contributed by atoms with Crippen LogP contribution in [0.2, 0.25) is 0 Å². The van der Waals surface area contributed by atoms with Gasteiger partial charge in [0.25, 0.3) is 0 Å². The van der Waals surface area contributed by atoms with Crippen molar-refractivity contribution in [2.75, 3.05) is 26.2 Å². The third-order valence-electron chi connectivity index (χ3n) is 3.12. The zero-order valence-corrected chi connectivity index (χ0v) is 11.9. The molecule has 0 unspecified atom stereocenters. The molecule has 0 bridgehead atoms. The Bertz CT molecular complexity index is 286. The van der Waals surface area contributed by atoms with Crippen LogP contribution in [0.25, 0.3) is 0 Å². The first-order chi connectivity index (χ1) is 8.86. The topological polar surface area (TPSA) is 12.5 Å². The van der Waals surface area contributed by atoms with Gasteiger partial charge in [-0.05, 0) is 57.5 Å². The van der Waals surface area contributed by atoms with E-state index in [0.717, 1.165) is 18.8 Å². The summed E-state index contributed by atoms with van der Waals surface area (Å²) >= 11 is 0. The second-order valence-electron chi connectivity index (χ2n) is 4.66. The number of rotatable bonds is 10. The zero-order chi connectivity index (χ0) is 13.1. The van der Waals surface area contributed by atoms with Gasteiger partial charge in [0.05, 0.1) is 6.61 Å². The van der Waals surface area contributed by atoms with Gasteiger partial charge in [-0.15, -0.1) is 0 Å². The highest BCUT2D eigenvalue weighted by molar-refractivity contribution is 5.20. The fraction of sp³-hybridized carbons (Fsp3) is 0.625.